The third-order valence-corrected chi connectivity index (χ3v) is 3.51. The maximum absolute atomic E-state index is 5.82. The van der Waals surface area contributed by atoms with Crippen LogP contribution in [-0.2, 0) is 5.75 Å². The molecule has 0 saturated carbocycles. The molecule has 0 fully saturated rings. The molecule has 1 rings (SSSR count). The average Bonchev–Trinajstić information content (AvgIpc) is 2.29. The smallest absolute Gasteiger partial charge is 0.0406 e. The van der Waals surface area contributed by atoms with E-state index in [1.54, 1.807) is 0 Å². The van der Waals surface area contributed by atoms with Crippen molar-refractivity contribution in [1.29, 1.82) is 0 Å². The zero-order valence-corrected chi connectivity index (χ0v) is 11.2. The van der Waals surface area contributed by atoms with Crippen LogP contribution in [0.3, 0.4) is 0 Å². The molecule has 16 heavy (non-hydrogen) atoms. The molecule has 0 aromatic heterocycles. The quantitative estimate of drug-likeness (QED) is 0.745. The maximum atomic E-state index is 5.82. The average molecular weight is 256 g/mol. The summed E-state index contributed by atoms with van der Waals surface area (Å²) >= 11 is 7.71. The Kier molecular flexibility index (Phi) is 6.62. The largest absolute Gasteiger partial charge is 0.313 e. The Morgan fingerprint density at radius 1 is 1.38 bits per heavy atom. The molecule has 0 aliphatic heterocycles. The van der Waals surface area contributed by atoms with Crippen LogP contribution in [0.15, 0.2) is 36.4 Å². The Morgan fingerprint density at radius 3 is 2.69 bits per heavy atom. The van der Waals surface area contributed by atoms with Crippen LogP contribution in [0.5, 0.6) is 0 Å². The number of nitrogens with one attached hydrogen (secondary N) is 1. The topological polar surface area (TPSA) is 12.0 Å². The minimum atomic E-state index is 0.797. The van der Waals surface area contributed by atoms with Crippen LogP contribution in [0.4, 0.5) is 0 Å². The number of thioether (sulfide) groups is 1. The van der Waals surface area contributed by atoms with Crippen LogP contribution in [0, 0.1) is 0 Å². The standard InChI is InChI=1S/C13H18ClNS/c1-3-15-8-11(2)9-16-10-12-4-6-13(14)7-5-12/h4-7,15H,2-3,8-10H2,1H3. The molecule has 0 atom stereocenters. The molecular weight excluding hydrogens is 238 g/mol. The number of hydrogen-bond acceptors (Lipinski definition) is 2. The Labute approximate surface area is 107 Å². The highest BCUT2D eigenvalue weighted by Crippen LogP contribution is 2.16. The molecule has 3 heteroatoms. The van der Waals surface area contributed by atoms with E-state index in [4.69, 9.17) is 11.6 Å². The molecule has 0 amide bonds. The van der Waals surface area contributed by atoms with E-state index in [2.05, 4.69) is 31.0 Å². The summed E-state index contributed by atoms with van der Waals surface area (Å²) in [5, 5.41) is 4.07. The third kappa shape index (κ3) is 5.59. The van der Waals surface area contributed by atoms with E-state index in [9.17, 15) is 0 Å². The predicted molar refractivity (Wildman–Crippen MR) is 75.3 cm³/mol. The van der Waals surface area contributed by atoms with Gasteiger partial charge in [-0.1, -0.05) is 42.8 Å². The van der Waals surface area contributed by atoms with Crippen molar-refractivity contribution in [1.82, 2.24) is 5.32 Å². The van der Waals surface area contributed by atoms with Crippen molar-refractivity contribution in [3.05, 3.63) is 47.0 Å². The number of halogens is 1. The van der Waals surface area contributed by atoms with Crippen LogP contribution in [-0.4, -0.2) is 18.8 Å². The molecule has 1 N–H and O–H groups in total. The molecule has 0 aliphatic carbocycles. The molecule has 0 spiro atoms. The highest BCUT2D eigenvalue weighted by atomic mass is 35.5. The normalized spacial score (nSPS) is 10.4. The van der Waals surface area contributed by atoms with Crippen molar-refractivity contribution in [2.24, 2.45) is 0 Å². The highest BCUT2D eigenvalue weighted by Gasteiger charge is 1.96. The molecule has 0 radical (unpaired) electrons. The summed E-state index contributed by atoms with van der Waals surface area (Å²) in [7, 11) is 0. The lowest BCUT2D eigenvalue weighted by Gasteiger charge is -2.06. The second-order valence-electron chi connectivity index (χ2n) is 3.65. The number of hydrogen-bond donors (Lipinski definition) is 1. The summed E-state index contributed by atoms with van der Waals surface area (Å²) in [6.45, 7) is 8.06. The first kappa shape index (κ1) is 13.6. The van der Waals surface area contributed by atoms with Gasteiger partial charge in [-0.05, 0) is 24.2 Å². The van der Waals surface area contributed by atoms with Gasteiger partial charge in [0.05, 0.1) is 0 Å². The van der Waals surface area contributed by atoms with Gasteiger partial charge in [0.1, 0.15) is 0 Å². The molecule has 1 aromatic carbocycles. The number of benzene rings is 1. The Hall–Kier alpha value is -0.440. The first-order valence-electron chi connectivity index (χ1n) is 5.42. The van der Waals surface area contributed by atoms with Crippen LogP contribution in [0.1, 0.15) is 12.5 Å². The second-order valence-corrected chi connectivity index (χ2v) is 5.07. The molecule has 88 valence electrons. The van der Waals surface area contributed by atoms with Crippen molar-refractivity contribution in [3.63, 3.8) is 0 Å². The Balaban J connectivity index is 2.20. The molecular formula is C13H18ClNS. The van der Waals surface area contributed by atoms with E-state index >= 15 is 0 Å². The van der Waals surface area contributed by atoms with Gasteiger partial charge in [0.25, 0.3) is 0 Å². The Morgan fingerprint density at radius 2 is 2.06 bits per heavy atom. The zero-order chi connectivity index (χ0) is 11.8. The first-order valence-corrected chi connectivity index (χ1v) is 6.95. The minimum Gasteiger partial charge on any atom is -0.313 e. The van der Waals surface area contributed by atoms with Gasteiger partial charge >= 0.3 is 0 Å². The van der Waals surface area contributed by atoms with Gasteiger partial charge in [-0.15, -0.1) is 0 Å². The van der Waals surface area contributed by atoms with Crippen LogP contribution in [0.2, 0.25) is 5.02 Å². The van der Waals surface area contributed by atoms with Gasteiger partial charge in [-0.25, -0.2) is 0 Å². The fourth-order valence-corrected chi connectivity index (χ4v) is 2.29. The SMILES string of the molecule is C=C(CNCC)CSCc1ccc(Cl)cc1. The summed E-state index contributed by atoms with van der Waals surface area (Å²) in [6.07, 6.45) is 0. The zero-order valence-electron chi connectivity index (χ0n) is 9.63. The van der Waals surface area contributed by atoms with Gasteiger partial charge in [-0.2, -0.15) is 11.8 Å². The van der Waals surface area contributed by atoms with Crippen molar-refractivity contribution < 1.29 is 0 Å². The summed E-state index contributed by atoms with van der Waals surface area (Å²) in [6, 6.07) is 8.01. The molecule has 0 heterocycles. The summed E-state index contributed by atoms with van der Waals surface area (Å²) in [5.74, 6) is 2.03. The summed E-state index contributed by atoms with van der Waals surface area (Å²) in [4.78, 5) is 0. The molecule has 1 nitrogen and oxygen atoms in total. The minimum absolute atomic E-state index is 0.797. The summed E-state index contributed by atoms with van der Waals surface area (Å²) in [5.41, 5.74) is 2.56. The van der Waals surface area contributed by atoms with E-state index in [1.165, 1.54) is 11.1 Å². The van der Waals surface area contributed by atoms with Gasteiger partial charge in [-0.3, -0.25) is 0 Å². The summed E-state index contributed by atoms with van der Waals surface area (Å²) < 4.78 is 0. The van der Waals surface area contributed by atoms with Crippen molar-refractivity contribution in [3.8, 4) is 0 Å². The van der Waals surface area contributed by atoms with Crippen molar-refractivity contribution >= 4 is 23.4 Å². The van der Waals surface area contributed by atoms with E-state index < -0.39 is 0 Å². The third-order valence-electron chi connectivity index (χ3n) is 2.11. The van der Waals surface area contributed by atoms with Crippen LogP contribution in [0.25, 0.3) is 0 Å². The highest BCUT2D eigenvalue weighted by molar-refractivity contribution is 7.98. The second kappa shape index (κ2) is 7.77. The van der Waals surface area contributed by atoms with E-state index in [-0.39, 0.29) is 0 Å². The van der Waals surface area contributed by atoms with E-state index in [0.717, 1.165) is 29.6 Å². The molecule has 0 bridgehead atoms. The van der Waals surface area contributed by atoms with Crippen molar-refractivity contribution in [2.45, 2.75) is 12.7 Å². The molecule has 0 aliphatic rings. The van der Waals surface area contributed by atoms with Gasteiger partial charge < -0.3 is 5.32 Å². The molecule has 0 unspecified atom stereocenters. The van der Waals surface area contributed by atoms with E-state index in [1.807, 2.05) is 23.9 Å². The maximum Gasteiger partial charge on any atom is 0.0406 e. The van der Waals surface area contributed by atoms with Crippen LogP contribution >= 0.6 is 23.4 Å². The van der Waals surface area contributed by atoms with Gasteiger partial charge in [0, 0.05) is 23.1 Å². The van der Waals surface area contributed by atoms with Crippen molar-refractivity contribution in [2.75, 3.05) is 18.8 Å². The Bertz CT molecular complexity index is 321. The number of rotatable bonds is 7. The fraction of sp³-hybridized carbons (Fsp3) is 0.385. The lowest BCUT2D eigenvalue weighted by atomic mass is 10.2. The lowest BCUT2D eigenvalue weighted by Crippen LogP contribution is -2.16. The molecule has 0 saturated heterocycles. The number of likely N-dealkylation sites (N-methyl/N-ethyl adjacent to an activating group) is 1. The van der Waals surface area contributed by atoms with Gasteiger partial charge in [0.15, 0.2) is 0 Å². The van der Waals surface area contributed by atoms with E-state index in [0.29, 0.717) is 0 Å². The lowest BCUT2D eigenvalue weighted by molar-refractivity contribution is 0.779. The first-order chi connectivity index (χ1) is 7.72. The van der Waals surface area contributed by atoms with Gasteiger partial charge in [0.2, 0.25) is 0 Å². The molecule has 1 aromatic rings. The fourth-order valence-electron chi connectivity index (χ4n) is 1.25. The predicted octanol–water partition coefficient (Wildman–Crippen LogP) is 3.74. The van der Waals surface area contributed by atoms with Crippen LogP contribution < -0.4 is 5.32 Å². The monoisotopic (exact) mass is 255 g/mol.